The molecule has 1 aromatic heterocycles. The minimum absolute atomic E-state index is 0.436. The molecule has 0 bridgehead atoms. The molecule has 1 fully saturated rings. The van der Waals surface area contributed by atoms with Gasteiger partial charge in [-0.25, -0.2) is 4.98 Å². The van der Waals surface area contributed by atoms with E-state index in [9.17, 15) is 0 Å². The zero-order chi connectivity index (χ0) is 11.2. The Bertz CT molecular complexity index is 307. The molecule has 2 heterocycles. The molecular weight excluding hydrogens is 222 g/mol. The van der Waals surface area contributed by atoms with Crippen LogP contribution in [0, 0.1) is 0 Å². The zero-order valence-electron chi connectivity index (χ0n) is 9.43. The molecule has 2 unspecified atom stereocenters. The molecule has 2 atom stereocenters. The van der Waals surface area contributed by atoms with Crippen molar-refractivity contribution in [2.75, 3.05) is 19.8 Å². The summed E-state index contributed by atoms with van der Waals surface area (Å²) in [6, 6.07) is 0.519. The Labute approximate surface area is 100 Å². The van der Waals surface area contributed by atoms with E-state index in [0.29, 0.717) is 11.3 Å². The van der Waals surface area contributed by atoms with Gasteiger partial charge < -0.3 is 10.1 Å². The van der Waals surface area contributed by atoms with Crippen LogP contribution in [0.15, 0.2) is 23.6 Å². The van der Waals surface area contributed by atoms with Crippen molar-refractivity contribution in [2.24, 2.45) is 0 Å². The molecule has 0 amide bonds. The lowest BCUT2D eigenvalue weighted by Crippen LogP contribution is -2.44. The molecule has 1 aliphatic rings. The molecule has 2 rings (SSSR count). The van der Waals surface area contributed by atoms with Crippen molar-refractivity contribution in [3.05, 3.63) is 18.6 Å². The smallest absolute Gasteiger partial charge is 0.115 e. The molecule has 0 aromatic carbocycles. The van der Waals surface area contributed by atoms with Crippen LogP contribution in [0.2, 0.25) is 0 Å². The second kappa shape index (κ2) is 6.18. The van der Waals surface area contributed by atoms with Crippen molar-refractivity contribution in [1.29, 1.82) is 0 Å². The van der Waals surface area contributed by atoms with Crippen molar-refractivity contribution < 1.29 is 4.74 Å². The monoisotopic (exact) mass is 239 g/mol. The van der Waals surface area contributed by atoms with Crippen LogP contribution in [0.4, 0.5) is 0 Å². The van der Waals surface area contributed by atoms with E-state index in [1.165, 1.54) is 0 Å². The molecule has 4 nitrogen and oxygen atoms in total. The molecular formula is C11H17N3OS. The topological polar surface area (TPSA) is 47.0 Å². The summed E-state index contributed by atoms with van der Waals surface area (Å²) in [7, 11) is 0. The van der Waals surface area contributed by atoms with Crippen LogP contribution >= 0.6 is 11.8 Å². The highest BCUT2D eigenvalue weighted by Crippen LogP contribution is 2.26. The van der Waals surface area contributed by atoms with E-state index in [0.717, 1.165) is 31.2 Å². The number of nitrogens with zero attached hydrogens (tertiary/aromatic N) is 2. The summed E-state index contributed by atoms with van der Waals surface area (Å²) in [6.45, 7) is 4.79. The molecule has 1 aliphatic heterocycles. The summed E-state index contributed by atoms with van der Waals surface area (Å²) in [4.78, 5) is 8.36. The van der Waals surface area contributed by atoms with Gasteiger partial charge in [-0.1, -0.05) is 18.7 Å². The zero-order valence-corrected chi connectivity index (χ0v) is 10.2. The van der Waals surface area contributed by atoms with Gasteiger partial charge in [0.15, 0.2) is 0 Å². The fraction of sp³-hybridized carbons (Fsp3) is 0.636. The molecule has 5 heteroatoms. The van der Waals surface area contributed by atoms with Crippen LogP contribution < -0.4 is 5.32 Å². The van der Waals surface area contributed by atoms with Gasteiger partial charge in [0.1, 0.15) is 5.03 Å². The Kier molecular flexibility index (Phi) is 4.56. The van der Waals surface area contributed by atoms with Crippen LogP contribution in [0.3, 0.4) is 0 Å². The number of nitrogens with one attached hydrogen (secondary N) is 1. The minimum Gasteiger partial charge on any atom is -0.380 e. The molecule has 0 saturated carbocycles. The first-order valence-electron chi connectivity index (χ1n) is 5.64. The molecule has 16 heavy (non-hydrogen) atoms. The lowest BCUT2D eigenvalue weighted by atomic mass is 10.1. The molecule has 0 aliphatic carbocycles. The summed E-state index contributed by atoms with van der Waals surface area (Å²) >= 11 is 1.75. The van der Waals surface area contributed by atoms with Gasteiger partial charge in [0, 0.05) is 30.3 Å². The number of aromatic nitrogens is 2. The second-order valence-electron chi connectivity index (χ2n) is 3.73. The van der Waals surface area contributed by atoms with Gasteiger partial charge >= 0.3 is 0 Å². The van der Waals surface area contributed by atoms with Crippen LogP contribution in [-0.2, 0) is 4.74 Å². The maximum atomic E-state index is 5.52. The third-order valence-electron chi connectivity index (χ3n) is 2.58. The molecule has 0 spiro atoms. The SMILES string of the molecule is CCNC1CCOCC1Sc1cnccn1. The van der Waals surface area contributed by atoms with E-state index in [1.807, 2.05) is 6.20 Å². The fourth-order valence-corrected chi connectivity index (χ4v) is 2.94. The average Bonchev–Trinajstić information content (AvgIpc) is 2.33. The summed E-state index contributed by atoms with van der Waals surface area (Å²) in [6.07, 6.45) is 6.31. The number of thioether (sulfide) groups is 1. The molecule has 88 valence electrons. The van der Waals surface area contributed by atoms with Gasteiger partial charge in [-0.05, 0) is 13.0 Å². The Balaban J connectivity index is 1.96. The van der Waals surface area contributed by atoms with E-state index in [-0.39, 0.29) is 0 Å². The largest absolute Gasteiger partial charge is 0.380 e. The van der Waals surface area contributed by atoms with Gasteiger partial charge in [0.05, 0.1) is 12.8 Å². The predicted octanol–water partition coefficient (Wildman–Crippen LogP) is 1.34. The maximum absolute atomic E-state index is 5.52. The molecule has 1 N–H and O–H groups in total. The van der Waals surface area contributed by atoms with Gasteiger partial charge in [-0.15, -0.1) is 0 Å². The summed E-state index contributed by atoms with van der Waals surface area (Å²) in [5.41, 5.74) is 0. The fourth-order valence-electron chi connectivity index (χ4n) is 1.83. The van der Waals surface area contributed by atoms with Crippen molar-refractivity contribution in [2.45, 2.75) is 29.7 Å². The maximum Gasteiger partial charge on any atom is 0.115 e. The lowest BCUT2D eigenvalue weighted by Gasteiger charge is -2.31. The van der Waals surface area contributed by atoms with Crippen LogP contribution in [0.25, 0.3) is 0 Å². The second-order valence-corrected chi connectivity index (χ2v) is 4.99. The number of hydrogen-bond donors (Lipinski definition) is 1. The Morgan fingerprint density at radius 1 is 1.56 bits per heavy atom. The van der Waals surface area contributed by atoms with Crippen molar-refractivity contribution >= 4 is 11.8 Å². The van der Waals surface area contributed by atoms with Crippen molar-refractivity contribution in [3.63, 3.8) is 0 Å². The summed E-state index contributed by atoms with van der Waals surface area (Å²) in [5, 5.41) is 4.91. The van der Waals surface area contributed by atoms with Gasteiger partial charge in [0.25, 0.3) is 0 Å². The lowest BCUT2D eigenvalue weighted by molar-refractivity contribution is 0.0836. The molecule has 1 aromatic rings. The normalized spacial score (nSPS) is 25.6. The number of hydrogen-bond acceptors (Lipinski definition) is 5. The van der Waals surface area contributed by atoms with Gasteiger partial charge in [-0.3, -0.25) is 4.98 Å². The first-order chi connectivity index (χ1) is 7.90. The Morgan fingerprint density at radius 3 is 3.25 bits per heavy atom. The number of rotatable bonds is 4. The highest BCUT2D eigenvalue weighted by Gasteiger charge is 2.26. The van der Waals surface area contributed by atoms with Crippen molar-refractivity contribution in [1.82, 2.24) is 15.3 Å². The molecule has 1 saturated heterocycles. The quantitative estimate of drug-likeness (QED) is 0.859. The highest BCUT2D eigenvalue weighted by molar-refractivity contribution is 7.99. The Morgan fingerprint density at radius 2 is 2.50 bits per heavy atom. The van der Waals surface area contributed by atoms with Crippen LogP contribution in [0.1, 0.15) is 13.3 Å². The number of ether oxygens (including phenoxy) is 1. The third kappa shape index (κ3) is 3.17. The van der Waals surface area contributed by atoms with E-state index in [4.69, 9.17) is 4.74 Å². The van der Waals surface area contributed by atoms with E-state index in [2.05, 4.69) is 22.2 Å². The van der Waals surface area contributed by atoms with E-state index >= 15 is 0 Å². The summed E-state index contributed by atoms with van der Waals surface area (Å²) in [5.74, 6) is 0. The highest BCUT2D eigenvalue weighted by atomic mass is 32.2. The Hall–Kier alpha value is -0.650. The van der Waals surface area contributed by atoms with E-state index in [1.54, 1.807) is 24.2 Å². The van der Waals surface area contributed by atoms with Gasteiger partial charge in [0.2, 0.25) is 0 Å². The first-order valence-corrected chi connectivity index (χ1v) is 6.52. The van der Waals surface area contributed by atoms with Gasteiger partial charge in [-0.2, -0.15) is 0 Å². The third-order valence-corrected chi connectivity index (χ3v) is 3.80. The summed E-state index contributed by atoms with van der Waals surface area (Å²) < 4.78 is 5.52. The van der Waals surface area contributed by atoms with E-state index < -0.39 is 0 Å². The molecule has 0 radical (unpaired) electrons. The van der Waals surface area contributed by atoms with Crippen LogP contribution in [-0.4, -0.2) is 41.0 Å². The first kappa shape index (κ1) is 11.8. The minimum atomic E-state index is 0.436. The predicted molar refractivity (Wildman–Crippen MR) is 64.6 cm³/mol. The standard InChI is InChI=1S/C11H17N3OS/c1-2-13-9-3-6-15-8-10(9)16-11-7-12-4-5-14-11/h4-5,7,9-10,13H,2-3,6,8H2,1H3. The van der Waals surface area contributed by atoms with Crippen molar-refractivity contribution in [3.8, 4) is 0 Å². The average molecular weight is 239 g/mol. The van der Waals surface area contributed by atoms with Crippen LogP contribution in [0.5, 0.6) is 0 Å².